The third-order valence-electron chi connectivity index (χ3n) is 2.40. The van der Waals surface area contributed by atoms with E-state index < -0.39 is 5.97 Å². The van der Waals surface area contributed by atoms with Crippen LogP contribution >= 0.6 is 27.5 Å². The van der Waals surface area contributed by atoms with Crippen LogP contribution in [0, 0.1) is 0 Å². The third kappa shape index (κ3) is 3.22. The fourth-order valence-corrected chi connectivity index (χ4v) is 2.08. The second-order valence-corrected chi connectivity index (χ2v) is 4.99. The number of carbonyl (C=O) groups excluding carboxylic acids is 2. The van der Waals surface area contributed by atoms with Crippen LogP contribution in [0.25, 0.3) is 0 Å². The van der Waals surface area contributed by atoms with Crippen LogP contribution in [0.15, 0.2) is 46.9 Å². The lowest BCUT2D eigenvalue weighted by atomic mass is 10.2. The highest BCUT2D eigenvalue weighted by Gasteiger charge is 2.14. The first-order valence-corrected chi connectivity index (χ1v) is 6.50. The lowest BCUT2D eigenvalue weighted by Crippen LogP contribution is -2.10. The Morgan fingerprint density at radius 2 is 1.95 bits per heavy atom. The summed E-state index contributed by atoms with van der Waals surface area (Å²) in [7, 11) is 0. The molecule has 0 radical (unpaired) electrons. The van der Waals surface area contributed by atoms with Crippen LogP contribution in [0.2, 0.25) is 5.02 Å². The van der Waals surface area contributed by atoms with Crippen molar-refractivity contribution in [2.24, 2.45) is 0 Å². The molecule has 0 unspecified atom stereocenters. The highest BCUT2D eigenvalue weighted by Crippen LogP contribution is 2.24. The van der Waals surface area contributed by atoms with Crippen molar-refractivity contribution in [1.82, 2.24) is 0 Å². The zero-order valence-corrected chi connectivity index (χ0v) is 11.9. The van der Waals surface area contributed by atoms with E-state index in [1.807, 2.05) is 0 Å². The first kappa shape index (κ1) is 13.8. The minimum atomic E-state index is -0.601. The normalized spacial score (nSPS) is 10.0. The largest absolute Gasteiger partial charge is 0.422 e. The number of rotatable bonds is 3. The SMILES string of the molecule is O=Cc1cc(Br)ccc1OC(=O)c1ccccc1Cl. The quantitative estimate of drug-likeness (QED) is 0.480. The monoisotopic (exact) mass is 338 g/mol. The predicted molar refractivity (Wildman–Crippen MR) is 75.9 cm³/mol. The Morgan fingerprint density at radius 1 is 1.21 bits per heavy atom. The van der Waals surface area contributed by atoms with Gasteiger partial charge in [-0.1, -0.05) is 39.7 Å². The van der Waals surface area contributed by atoms with E-state index in [0.717, 1.165) is 4.47 Å². The molecular formula is C14H8BrClO3. The van der Waals surface area contributed by atoms with Crippen molar-refractivity contribution in [3.05, 3.63) is 63.1 Å². The molecule has 19 heavy (non-hydrogen) atoms. The first-order valence-electron chi connectivity index (χ1n) is 5.33. The van der Waals surface area contributed by atoms with E-state index in [4.69, 9.17) is 16.3 Å². The van der Waals surface area contributed by atoms with Gasteiger partial charge in [0.2, 0.25) is 0 Å². The topological polar surface area (TPSA) is 43.4 Å². The summed E-state index contributed by atoms with van der Waals surface area (Å²) in [5.74, 6) is -0.404. The van der Waals surface area contributed by atoms with Crippen molar-refractivity contribution in [2.75, 3.05) is 0 Å². The molecule has 0 aliphatic rings. The molecule has 0 N–H and O–H groups in total. The molecule has 0 fully saturated rings. The van der Waals surface area contributed by atoms with Crippen LogP contribution in [0.3, 0.4) is 0 Å². The summed E-state index contributed by atoms with van der Waals surface area (Å²) in [6, 6.07) is 11.4. The first-order chi connectivity index (χ1) is 9.11. The molecule has 2 rings (SSSR count). The summed E-state index contributed by atoms with van der Waals surface area (Å²) in [5, 5.41) is 0.303. The fraction of sp³-hybridized carbons (Fsp3) is 0. The molecule has 0 aromatic heterocycles. The highest BCUT2D eigenvalue weighted by atomic mass is 79.9. The summed E-state index contributed by atoms with van der Waals surface area (Å²) in [4.78, 5) is 22.9. The molecule has 0 heterocycles. The van der Waals surface area contributed by atoms with Gasteiger partial charge in [0.1, 0.15) is 5.75 Å². The van der Waals surface area contributed by atoms with Crippen LogP contribution in [-0.2, 0) is 0 Å². The number of esters is 1. The van der Waals surface area contributed by atoms with Crippen molar-refractivity contribution in [2.45, 2.75) is 0 Å². The highest BCUT2D eigenvalue weighted by molar-refractivity contribution is 9.10. The van der Waals surface area contributed by atoms with Crippen LogP contribution in [0.1, 0.15) is 20.7 Å². The Balaban J connectivity index is 2.29. The second kappa shape index (κ2) is 5.99. The lowest BCUT2D eigenvalue weighted by Gasteiger charge is -2.07. The van der Waals surface area contributed by atoms with Crippen molar-refractivity contribution in [3.63, 3.8) is 0 Å². The molecule has 2 aromatic rings. The summed E-state index contributed by atoms with van der Waals surface area (Å²) < 4.78 is 5.91. The molecule has 96 valence electrons. The molecule has 3 nitrogen and oxygen atoms in total. The van der Waals surface area contributed by atoms with Crippen molar-refractivity contribution < 1.29 is 14.3 Å². The zero-order valence-electron chi connectivity index (χ0n) is 9.60. The molecule has 0 atom stereocenters. The summed E-state index contributed by atoms with van der Waals surface area (Å²) in [5.41, 5.74) is 0.540. The van der Waals surface area contributed by atoms with Gasteiger partial charge in [-0.2, -0.15) is 0 Å². The Kier molecular flexibility index (Phi) is 4.35. The maximum absolute atomic E-state index is 12.0. The number of aldehydes is 1. The van der Waals surface area contributed by atoms with E-state index in [-0.39, 0.29) is 16.9 Å². The van der Waals surface area contributed by atoms with Gasteiger partial charge in [-0.15, -0.1) is 0 Å². The van der Waals surface area contributed by atoms with Gasteiger partial charge in [0.05, 0.1) is 16.1 Å². The van der Waals surface area contributed by atoms with E-state index >= 15 is 0 Å². The van der Waals surface area contributed by atoms with Gasteiger partial charge < -0.3 is 4.74 Å². The number of carbonyl (C=O) groups is 2. The van der Waals surface area contributed by atoms with Gasteiger partial charge in [0.25, 0.3) is 0 Å². The molecule has 0 saturated carbocycles. The summed E-state index contributed by atoms with van der Waals surface area (Å²) >= 11 is 9.15. The van der Waals surface area contributed by atoms with E-state index in [0.29, 0.717) is 11.3 Å². The second-order valence-electron chi connectivity index (χ2n) is 3.67. The van der Waals surface area contributed by atoms with Gasteiger partial charge in [-0.3, -0.25) is 4.79 Å². The van der Waals surface area contributed by atoms with Crippen LogP contribution in [0.5, 0.6) is 5.75 Å². The molecule has 0 saturated heterocycles. The van der Waals surface area contributed by atoms with Crippen molar-refractivity contribution >= 4 is 39.8 Å². The summed E-state index contributed by atoms with van der Waals surface area (Å²) in [6.07, 6.45) is 0.625. The Hall–Kier alpha value is -1.65. The van der Waals surface area contributed by atoms with Crippen molar-refractivity contribution in [1.29, 1.82) is 0 Å². The Labute approximate surface area is 123 Å². The van der Waals surface area contributed by atoms with Gasteiger partial charge in [-0.25, -0.2) is 4.79 Å². The van der Waals surface area contributed by atoms with Gasteiger partial charge in [-0.05, 0) is 30.3 Å². The van der Waals surface area contributed by atoms with E-state index in [9.17, 15) is 9.59 Å². The molecule has 2 aromatic carbocycles. The number of hydrogen-bond acceptors (Lipinski definition) is 3. The molecule has 0 aliphatic heterocycles. The number of ether oxygens (including phenoxy) is 1. The zero-order chi connectivity index (χ0) is 13.8. The maximum Gasteiger partial charge on any atom is 0.345 e. The minimum absolute atomic E-state index is 0.197. The smallest absolute Gasteiger partial charge is 0.345 e. The lowest BCUT2D eigenvalue weighted by molar-refractivity contribution is 0.0733. The number of benzene rings is 2. The molecular weight excluding hydrogens is 332 g/mol. The van der Waals surface area contributed by atoms with Crippen molar-refractivity contribution in [3.8, 4) is 5.75 Å². The molecule has 0 spiro atoms. The average molecular weight is 340 g/mol. The number of halogens is 2. The van der Waals surface area contributed by atoms with E-state index in [1.165, 1.54) is 0 Å². The Bertz CT molecular complexity index is 640. The van der Waals surface area contributed by atoms with Crippen LogP contribution in [-0.4, -0.2) is 12.3 Å². The van der Waals surface area contributed by atoms with Gasteiger partial charge in [0.15, 0.2) is 6.29 Å². The minimum Gasteiger partial charge on any atom is -0.422 e. The maximum atomic E-state index is 12.0. The standard InChI is InChI=1S/C14H8BrClO3/c15-10-5-6-13(9(7-10)8-17)19-14(18)11-3-1-2-4-12(11)16/h1-8H. The molecule has 0 aliphatic carbocycles. The van der Waals surface area contributed by atoms with E-state index in [2.05, 4.69) is 15.9 Å². The third-order valence-corrected chi connectivity index (χ3v) is 3.22. The van der Waals surface area contributed by atoms with Crippen LogP contribution < -0.4 is 4.74 Å². The predicted octanol–water partition coefficient (Wildman–Crippen LogP) is 4.13. The molecule has 0 amide bonds. The number of hydrogen-bond donors (Lipinski definition) is 0. The van der Waals surface area contributed by atoms with Gasteiger partial charge in [0, 0.05) is 4.47 Å². The van der Waals surface area contributed by atoms with Crippen LogP contribution in [0.4, 0.5) is 0 Å². The summed E-state index contributed by atoms with van der Waals surface area (Å²) in [6.45, 7) is 0. The molecule has 5 heteroatoms. The fourth-order valence-electron chi connectivity index (χ4n) is 1.49. The molecule has 0 bridgehead atoms. The average Bonchev–Trinajstić information content (AvgIpc) is 2.41. The van der Waals surface area contributed by atoms with Gasteiger partial charge >= 0.3 is 5.97 Å². The Morgan fingerprint density at radius 3 is 2.63 bits per heavy atom. The van der Waals surface area contributed by atoms with E-state index in [1.54, 1.807) is 42.5 Å².